The maximum absolute atomic E-state index is 12.8. The Bertz CT molecular complexity index is 1140. The summed E-state index contributed by atoms with van der Waals surface area (Å²) in [7, 11) is 0. The van der Waals surface area contributed by atoms with E-state index in [1.165, 1.54) is 12.4 Å². The van der Waals surface area contributed by atoms with Gasteiger partial charge in [0.25, 0.3) is 5.91 Å². The Labute approximate surface area is 148 Å². The van der Waals surface area contributed by atoms with Gasteiger partial charge in [-0.25, -0.2) is 9.97 Å². The van der Waals surface area contributed by atoms with Crippen LogP contribution in [-0.4, -0.2) is 25.4 Å². The minimum Gasteiger partial charge on any atom is -0.320 e. The number of fused-ring (bicyclic) bond motifs is 1. The first-order valence-corrected chi connectivity index (χ1v) is 7.87. The van der Waals surface area contributed by atoms with Crippen molar-refractivity contribution in [1.29, 1.82) is 0 Å². The van der Waals surface area contributed by atoms with E-state index >= 15 is 0 Å². The van der Waals surface area contributed by atoms with Crippen LogP contribution in [0.2, 0.25) is 0 Å². The molecule has 126 valence electrons. The van der Waals surface area contributed by atoms with Gasteiger partial charge >= 0.3 is 0 Å². The molecule has 7 heteroatoms. The second-order valence-electron chi connectivity index (χ2n) is 5.50. The molecular formula is C19H13N5O2. The summed E-state index contributed by atoms with van der Waals surface area (Å²) < 4.78 is 1.63. The number of carbonyl (C=O) groups excluding carboxylic acids is 1. The fourth-order valence-corrected chi connectivity index (χ4v) is 2.63. The molecule has 7 nitrogen and oxygen atoms in total. The third-order valence-corrected chi connectivity index (χ3v) is 3.82. The van der Waals surface area contributed by atoms with Crippen molar-refractivity contribution in [2.24, 2.45) is 0 Å². The number of amides is 1. The lowest BCUT2D eigenvalue weighted by Gasteiger charge is -2.12. The zero-order chi connectivity index (χ0) is 17.9. The summed E-state index contributed by atoms with van der Waals surface area (Å²) in [5, 5.41) is 3.03. The zero-order valence-electron chi connectivity index (χ0n) is 13.5. The molecule has 0 aliphatic rings. The Morgan fingerprint density at radius 2 is 1.81 bits per heavy atom. The lowest BCUT2D eigenvalue weighted by Crippen LogP contribution is -2.24. The van der Waals surface area contributed by atoms with Gasteiger partial charge in [-0.15, -0.1) is 0 Å². The van der Waals surface area contributed by atoms with E-state index in [0.29, 0.717) is 22.5 Å². The van der Waals surface area contributed by atoms with E-state index in [9.17, 15) is 9.59 Å². The molecule has 1 amide bonds. The molecule has 4 aromatic rings. The Kier molecular flexibility index (Phi) is 3.95. The van der Waals surface area contributed by atoms with Crippen LogP contribution < -0.4 is 10.7 Å². The maximum Gasteiger partial charge on any atom is 0.261 e. The minimum atomic E-state index is -0.515. The van der Waals surface area contributed by atoms with E-state index in [4.69, 9.17) is 0 Å². The first-order chi connectivity index (χ1) is 12.7. The number of aromatic nitrogens is 4. The highest BCUT2D eigenvalue weighted by molar-refractivity contribution is 6.05. The van der Waals surface area contributed by atoms with Crippen molar-refractivity contribution in [2.45, 2.75) is 0 Å². The quantitative estimate of drug-likeness (QED) is 0.617. The topological polar surface area (TPSA) is 89.8 Å². The van der Waals surface area contributed by atoms with Crippen LogP contribution in [0, 0.1) is 0 Å². The van der Waals surface area contributed by atoms with Gasteiger partial charge in [0.05, 0.1) is 17.3 Å². The number of carbonyl (C=O) groups is 1. The van der Waals surface area contributed by atoms with Gasteiger partial charge in [-0.05, 0) is 36.4 Å². The number of rotatable bonds is 3. The summed E-state index contributed by atoms with van der Waals surface area (Å²) >= 11 is 0. The van der Waals surface area contributed by atoms with Crippen molar-refractivity contribution in [3.8, 4) is 5.82 Å². The van der Waals surface area contributed by atoms with Gasteiger partial charge in [0, 0.05) is 24.8 Å². The van der Waals surface area contributed by atoms with Gasteiger partial charge < -0.3 is 5.32 Å². The summed E-state index contributed by atoms with van der Waals surface area (Å²) in [5.41, 5.74) is 0.559. The summed E-state index contributed by atoms with van der Waals surface area (Å²) in [6, 6.07) is 12.1. The lowest BCUT2D eigenvalue weighted by atomic mass is 10.1. The Morgan fingerprint density at radius 3 is 2.58 bits per heavy atom. The van der Waals surface area contributed by atoms with Crippen LogP contribution in [0.1, 0.15) is 10.4 Å². The molecule has 0 saturated carbocycles. The summed E-state index contributed by atoms with van der Waals surface area (Å²) in [6.45, 7) is 0. The van der Waals surface area contributed by atoms with Crippen LogP contribution in [0.4, 0.5) is 5.69 Å². The molecule has 4 rings (SSSR count). The molecule has 0 bridgehead atoms. The second kappa shape index (κ2) is 6.56. The lowest BCUT2D eigenvalue weighted by molar-refractivity contribution is 0.102. The van der Waals surface area contributed by atoms with Gasteiger partial charge in [-0.1, -0.05) is 6.07 Å². The molecule has 0 radical (unpaired) electrons. The van der Waals surface area contributed by atoms with E-state index < -0.39 is 5.91 Å². The molecule has 1 N–H and O–H groups in total. The van der Waals surface area contributed by atoms with Crippen LogP contribution in [0.3, 0.4) is 0 Å². The summed E-state index contributed by atoms with van der Waals surface area (Å²) in [5.74, 6) is 0.0464. The predicted octanol–water partition coefficient (Wildman–Crippen LogP) is 2.43. The smallest absolute Gasteiger partial charge is 0.261 e. The molecule has 0 aromatic carbocycles. The van der Waals surface area contributed by atoms with E-state index in [2.05, 4.69) is 20.3 Å². The molecule has 26 heavy (non-hydrogen) atoms. The highest BCUT2D eigenvalue weighted by Gasteiger charge is 2.17. The number of hydrogen-bond acceptors (Lipinski definition) is 5. The Balaban J connectivity index is 1.89. The molecule has 0 fully saturated rings. The molecule has 0 aliphatic carbocycles. The van der Waals surface area contributed by atoms with Gasteiger partial charge in [0.2, 0.25) is 5.43 Å². The van der Waals surface area contributed by atoms with Crippen molar-refractivity contribution in [2.75, 3.05) is 5.32 Å². The third kappa shape index (κ3) is 2.82. The number of pyridine rings is 4. The normalized spacial score (nSPS) is 10.6. The molecule has 0 spiro atoms. The average molecular weight is 343 g/mol. The van der Waals surface area contributed by atoms with Crippen molar-refractivity contribution in [3.63, 3.8) is 0 Å². The van der Waals surface area contributed by atoms with Gasteiger partial charge in [-0.3, -0.25) is 19.1 Å². The van der Waals surface area contributed by atoms with Crippen LogP contribution in [0.25, 0.3) is 16.9 Å². The largest absolute Gasteiger partial charge is 0.320 e. The summed E-state index contributed by atoms with van der Waals surface area (Å²) in [4.78, 5) is 38.0. The van der Waals surface area contributed by atoms with E-state index in [1.54, 1.807) is 59.6 Å². The van der Waals surface area contributed by atoms with Gasteiger partial charge in [0.15, 0.2) is 0 Å². The standard InChI is InChI=1S/C19H13N5O2/c25-17-14-6-4-10-22-18(14)24(16-7-1-2-9-21-16)12-15(17)19(26)23-13-5-3-8-20-11-13/h1-12H,(H,23,26). The van der Waals surface area contributed by atoms with Crippen molar-refractivity contribution in [3.05, 3.63) is 89.2 Å². The fraction of sp³-hybridized carbons (Fsp3) is 0. The highest BCUT2D eigenvalue weighted by atomic mass is 16.2. The Morgan fingerprint density at radius 1 is 0.962 bits per heavy atom. The van der Waals surface area contributed by atoms with E-state index in [0.717, 1.165) is 0 Å². The van der Waals surface area contributed by atoms with Crippen LogP contribution in [0.15, 0.2) is 78.2 Å². The molecule has 0 atom stereocenters. The van der Waals surface area contributed by atoms with Gasteiger partial charge in [0.1, 0.15) is 17.0 Å². The minimum absolute atomic E-state index is 0.00000567. The predicted molar refractivity (Wildman–Crippen MR) is 97.3 cm³/mol. The zero-order valence-corrected chi connectivity index (χ0v) is 13.5. The molecule has 0 saturated heterocycles. The van der Waals surface area contributed by atoms with E-state index in [-0.39, 0.29) is 11.0 Å². The first-order valence-electron chi connectivity index (χ1n) is 7.87. The first kappa shape index (κ1) is 15.6. The number of hydrogen-bond donors (Lipinski definition) is 1. The second-order valence-corrected chi connectivity index (χ2v) is 5.50. The molecular weight excluding hydrogens is 330 g/mol. The number of nitrogens with zero attached hydrogens (tertiary/aromatic N) is 4. The summed E-state index contributed by atoms with van der Waals surface area (Å²) in [6.07, 6.45) is 7.81. The molecule has 4 heterocycles. The van der Waals surface area contributed by atoms with Crippen molar-refractivity contribution < 1.29 is 4.79 Å². The van der Waals surface area contributed by atoms with Crippen molar-refractivity contribution >= 4 is 22.6 Å². The van der Waals surface area contributed by atoms with Crippen LogP contribution in [-0.2, 0) is 0 Å². The SMILES string of the molecule is O=C(Nc1cccnc1)c1cn(-c2ccccn2)c2ncccc2c1=O. The van der Waals surface area contributed by atoms with Crippen LogP contribution >= 0.6 is 0 Å². The highest BCUT2D eigenvalue weighted by Crippen LogP contribution is 2.15. The maximum atomic E-state index is 12.8. The fourth-order valence-electron chi connectivity index (χ4n) is 2.63. The van der Waals surface area contributed by atoms with Gasteiger partial charge in [-0.2, -0.15) is 0 Å². The molecule has 0 aliphatic heterocycles. The monoisotopic (exact) mass is 343 g/mol. The van der Waals surface area contributed by atoms with Crippen molar-refractivity contribution in [1.82, 2.24) is 19.5 Å². The number of nitrogens with one attached hydrogen (secondary N) is 1. The molecule has 0 unspecified atom stereocenters. The van der Waals surface area contributed by atoms with E-state index in [1.807, 2.05) is 6.07 Å². The number of anilines is 1. The molecule has 4 aromatic heterocycles. The third-order valence-electron chi connectivity index (χ3n) is 3.82. The Hall–Kier alpha value is -3.87. The van der Waals surface area contributed by atoms with Crippen LogP contribution in [0.5, 0.6) is 0 Å². The average Bonchev–Trinajstić information content (AvgIpc) is 2.70.